The van der Waals surface area contributed by atoms with Crippen molar-refractivity contribution in [1.29, 1.82) is 0 Å². The van der Waals surface area contributed by atoms with Crippen molar-refractivity contribution in [3.63, 3.8) is 0 Å². The first kappa shape index (κ1) is 19.1. The van der Waals surface area contributed by atoms with Gasteiger partial charge in [-0.25, -0.2) is 4.79 Å². The zero-order valence-electron chi connectivity index (χ0n) is 12.3. The van der Waals surface area contributed by atoms with Gasteiger partial charge in [-0.3, -0.25) is 4.79 Å². The van der Waals surface area contributed by atoms with Crippen molar-refractivity contribution in [3.8, 4) is 0 Å². The van der Waals surface area contributed by atoms with Gasteiger partial charge in [0, 0.05) is 6.54 Å². The van der Waals surface area contributed by atoms with Crippen LogP contribution in [-0.4, -0.2) is 43.3 Å². The van der Waals surface area contributed by atoms with Gasteiger partial charge < -0.3 is 20.5 Å². The van der Waals surface area contributed by atoms with Gasteiger partial charge >= 0.3 is 5.97 Å². The van der Waals surface area contributed by atoms with Crippen LogP contribution in [0.1, 0.15) is 39.5 Å². The minimum Gasteiger partial charge on any atom is -0.467 e. The average molecular weight is 309 g/mol. The van der Waals surface area contributed by atoms with E-state index in [1.165, 1.54) is 7.11 Å². The fraction of sp³-hybridized carbons (Fsp3) is 0.846. The molecule has 1 heterocycles. The Morgan fingerprint density at radius 1 is 1.35 bits per heavy atom. The van der Waals surface area contributed by atoms with Crippen molar-refractivity contribution < 1.29 is 19.1 Å². The number of carbonyl (C=O) groups is 2. The van der Waals surface area contributed by atoms with Gasteiger partial charge in [0.05, 0.1) is 13.2 Å². The van der Waals surface area contributed by atoms with Crippen molar-refractivity contribution in [2.75, 3.05) is 13.7 Å². The number of hydrogen-bond acceptors (Lipinski definition) is 5. The molecule has 0 bridgehead atoms. The fourth-order valence-corrected chi connectivity index (χ4v) is 2.35. The largest absolute Gasteiger partial charge is 0.467 e. The van der Waals surface area contributed by atoms with Gasteiger partial charge in [0.15, 0.2) is 0 Å². The van der Waals surface area contributed by atoms with Gasteiger partial charge in [0.2, 0.25) is 5.91 Å². The lowest BCUT2D eigenvalue weighted by Crippen LogP contribution is -2.56. The van der Waals surface area contributed by atoms with Crippen LogP contribution in [0.5, 0.6) is 0 Å². The molecular formula is C13H25ClN2O4. The third kappa shape index (κ3) is 4.07. The van der Waals surface area contributed by atoms with Crippen LogP contribution >= 0.6 is 12.4 Å². The summed E-state index contributed by atoms with van der Waals surface area (Å²) < 4.78 is 10.3. The zero-order valence-corrected chi connectivity index (χ0v) is 13.1. The summed E-state index contributed by atoms with van der Waals surface area (Å²) in [6.45, 7) is 4.10. The van der Waals surface area contributed by atoms with Crippen LogP contribution in [-0.2, 0) is 19.1 Å². The molecule has 2 atom stereocenters. The zero-order chi connectivity index (χ0) is 14.5. The molecule has 1 saturated heterocycles. The van der Waals surface area contributed by atoms with E-state index in [0.717, 1.165) is 6.42 Å². The van der Waals surface area contributed by atoms with Crippen molar-refractivity contribution in [1.82, 2.24) is 5.32 Å². The molecule has 0 aromatic carbocycles. The highest BCUT2D eigenvalue weighted by molar-refractivity contribution is 5.90. The predicted molar refractivity (Wildman–Crippen MR) is 77.7 cm³/mol. The Morgan fingerprint density at radius 2 is 1.95 bits per heavy atom. The minimum absolute atomic E-state index is 0. The number of hydrogen-bond donors (Lipinski definition) is 2. The third-order valence-corrected chi connectivity index (χ3v) is 3.81. The monoisotopic (exact) mass is 308 g/mol. The van der Waals surface area contributed by atoms with Crippen molar-refractivity contribution in [2.24, 2.45) is 5.73 Å². The number of ether oxygens (including phenoxy) is 2. The lowest BCUT2D eigenvalue weighted by atomic mass is 9.92. The quantitative estimate of drug-likeness (QED) is 0.707. The first-order chi connectivity index (χ1) is 9.02. The smallest absolute Gasteiger partial charge is 0.331 e. The number of nitrogens with one attached hydrogen (secondary N) is 1. The Labute approximate surface area is 126 Å². The summed E-state index contributed by atoms with van der Waals surface area (Å²) >= 11 is 0. The number of esters is 1. The Morgan fingerprint density at radius 3 is 2.35 bits per heavy atom. The molecule has 1 aliphatic rings. The lowest BCUT2D eigenvalue weighted by molar-refractivity contribution is -0.153. The Balaban J connectivity index is 0.00000361. The molecule has 0 spiro atoms. The maximum absolute atomic E-state index is 12.2. The Bertz CT molecular complexity index is 334. The molecule has 20 heavy (non-hydrogen) atoms. The summed E-state index contributed by atoms with van der Waals surface area (Å²) in [5, 5.41) is 2.79. The van der Waals surface area contributed by atoms with Gasteiger partial charge in [-0.15, -0.1) is 12.4 Å². The van der Waals surface area contributed by atoms with E-state index in [0.29, 0.717) is 25.8 Å². The van der Waals surface area contributed by atoms with Crippen LogP contribution in [0.25, 0.3) is 0 Å². The molecule has 0 aromatic rings. The first-order valence-electron chi connectivity index (χ1n) is 6.79. The van der Waals surface area contributed by atoms with Gasteiger partial charge in [0.25, 0.3) is 0 Å². The number of nitrogens with two attached hydrogens (primary N) is 1. The second-order valence-corrected chi connectivity index (χ2v) is 4.83. The van der Waals surface area contributed by atoms with Crippen molar-refractivity contribution in [2.45, 2.75) is 57.3 Å². The molecular weight excluding hydrogens is 284 g/mol. The van der Waals surface area contributed by atoms with Crippen molar-refractivity contribution >= 4 is 24.3 Å². The molecule has 7 heteroatoms. The van der Waals surface area contributed by atoms with Gasteiger partial charge in [-0.05, 0) is 25.7 Å². The molecule has 0 aliphatic carbocycles. The van der Waals surface area contributed by atoms with Crippen LogP contribution in [0, 0.1) is 0 Å². The maximum Gasteiger partial charge on any atom is 0.331 e. The maximum atomic E-state index is 12.2. The molecule has 6 nitrogen and oxygen atoms in total. The summed E-state index contributed by atoms with van der Waals surface area (Å²) in [5.74, 6) is -0.677. The summed E-state index contributed by atoms with van der Waals surface area (Å²) in [5.41, 5.74) is 4.55. The molecule has 0 radical (unpaired) electrons. The normalized spacial score (nSPS) is 22.0. The van der Waals surface area contributed by atoms with Crippen LogP contribution in [0.2, 0.25) is 0 Å². The SMILES string of the molecule is CCC(CC)(NC(=O)[C@@H]1CC[C@H](CN)O1)C(=O)OC.Cl. The van der Waals surface area contributed by atoms with E-state index in [2.05, 4.69) is 5.32 Å². The molecule has 3 N–H and O–H groups in total. The number of carbonyl (C=O) groups excluding carboxylic acids is 2. The molecule has 0 aromatic heterocycles. The van der Waals surface area contributed by atoms with Crippen LogP contribution < -0.4 is 11.1 Å². The summed E-state index contributed by atoms with van der Waals surface area (Å²) in [7, 11) is 1.32. The Kier molecular flexibility index (Phi) is 8.08. The second kappa shape index (κ2) is 8.44. The highest BCUT2D eigenvalue weighted by Gasteiger charge is 2.40. The Hall–Kier alpha value is -0.850. The summed E-state index contributed by atoms with van der Waals surface area (Å²) in [6.07, 6.45) is 1.79. The van der Waals surface area contributed by atoms with E-state index in [1.807, 2.05) is 13.8 Å². The van der Waals surface area contributed by atoms with Crippen LogP contribution in [0.4, 0.5) is 0 Å². The molecule has 118 valence electrons. The number of halogens is 1. The van der Waals surface area contributed by atoms with E-state index >= 15 is 0 Å². The van der Waals surface area contributed by atoms with E-state index in [-0.39, 0.29) is 24.4 Å². The summed E-state index contributed by atoms with van der Waals surface area (Å²) in [4.78, 5) is 24.0. The predicted octanol–water partition coefficient (Wildman–Crippen LogP) is 0.762. The topological polar surface area (TPSA) is 90.7 Å². The first-order valence-corrected chi connectivity index (χ1v) is 6.79. The summed E-state index contributed by atoms with van der Waals surface area (Å²) in [6, 6.07) is 0. The fourth-order valence-electron chi connectivity index (χ4n) is 2.35. The standard InChI is InChI=1S/C13H24N2O4.ClH/c1-4-13(5-2,12(17)18-3)15-11(16)10-7-6-9(8-14)19-10;/h9-10H,4-8,14H2,1-3H3,(H,15,16);1H/t9-,10+;/m1./s1. The van der Waals surface area contributed by atoms with Gasteiger partial charge in [0.1, 0.15) is 11.6 Å². The molecule has 0 unspecified atom stereocenters. The minimum atomic E-state index is -0.962. The molecule has 1 aliphatic heterocycles. The van der Waals surface area contributed by atoms with Gasteiger partial charge in [-0.2, -0.15) is 0 Å². The van der Waals surface area contributed by atoms with Gasteiger partial charge in [-0.1, -0.05) is 13.8 Å². The van der Waals surface area contributed by atoms with Crippen LogP contribution in [0.3, 0.4) is 0 Å². The highest BCUT2D eigenvalue weighted by atomic mass is 35.5. The average Bonchev–Trinajstić information content (AvgIpc) is 2.92. The van der Waals surface area contributed by atoms with E-state index < -0.39 is 17.6 Å². The lowest BCUT2D eigenvalue weighted by Gasteiger charge is -2.30. The van der Waals surface area contributed by atoms with E-state index in [9.17, 15) is 9.59 Å². The third-order valence-electron chi connectivity index (χ3n) is 3.81. The van der Waals surface area contributed by atoms with Crippen molar-refractivity contribution in [3.05, 3.63) is 0 Å². The molecule has 1 fully saturated rings. The van der Waals surface area contributed by atoms with E-state index in [4.69, 9.17) is 15.2 Å². The number of methoxy groups -OCH3 is 1. The number of amides is 1. The second-order valence-electron chi connectivity index (χ2n) is 4.83. The molecule has 0 saturated carbocycles. The molecule has 1 amide bonds. The van der Waals surface area contributed by atoms with E-state index in [1.54, 1.807) is 0 Å². The molecule has 1 rings (SSSR count). The highest BCUT2D eigenvalue weighted by Crippen LogP contribution is 2.22. The van der Waals surface area contributed by atoms with Crippen LogP contribution in [0.15, 0.2) is 0 Å². The number of rotatable bonds is 6.